The lowest BCUT2D eigenvalue weighted by Crippen LogP contribution is -2.59. The lowest BCUT2D eigenvalue weighted by molar-refractivity contribution is -0.289. The van der Waals surface area contributed by atoms with Crippen LogP contribution < -0.4 is 0 Å². The van der Waals surface area contributed by atoms with Crippen LogP contribution in [0.1, 0.15) is 20.7 Å². The van der Waals surface area contributed by atoms with Crippen molar-refractivity contribution in [1.29, 1.82) is 0 Å². The molecule has 0 spiro atoms. The molecule has 0 aromatic heterocycles. The second-order valence-electron chi connectivity index (χ2n) is 6.15. The van der Waals surface area contributed by atoms with Crippen LogP contribution in [0, 0.1) is 0 Å². The van der Waals surface area contributed by atoms with E-state index in [1.165, 1.54) is 36.4 Å². The van der Waals surface area contributed by atoms with E-state index in [-0.39, 0.29) is 11.1 Å². The number of hydrogen-bond donors (Lipinski definition) is 3. The summed E-state index contributed by atoms with van der Waals surface area (Å²) in [6.07, 6.45) is -8.22. The maximum Gasteiger partial charge on any atom is 0.226 e. The van der Waals surface area contributed by atoms with Crippen molar-refractivity contribution in [3.05, 3.63) is 71.8 Å². The number of hydrogen-bond acceptors (Lipinski definition) is 7. The van der Waals surface area contributed by atoms with Gasteiger partial charge in [-0.15, -0.1) is 0 Å². The van der Waals surface area contributed by atoms with Gasteiger partial charge in [-0.25, -0.2) is 0 Å². The largest absolute Gasteiger partial charge is 0.384 e. The van der Waals surface area contributed by atoms with Crippen molar-refractivity contribution in [2.75, 3.05) is 0 Å². The monoisotopic (exact) mass is 376 g/mol. The summed E-state index contributed by atoms with van der Waals surface area (Å²) in [6.45, 7) is 0. The van der Waals surface area contributed by atoms with Gasteiger partial charge in [0.2, 0.25) is 6.29 Å². The summed E-state index contributed by atoms with van der Waals surface area (Å²) < 4.78 is 17.7. The Kier molecular flexibility index (Phi) is 5.45. The van der Waals surface area contributed by atoms with Crippen LogP contribution in [-0.2, 0) is 9.68 Å². The van der Waals surface area contributed by atoms with Crippen LogP contribution in [0.4, 0.5) is 4.53 Å². The van der Waals surface area contributed by atoms with Crippen molar-refractivity contribution < 1.29 is 39.1 Å². The van der Waals surface area contributed by atoms with E-state index < -0.39 is 41.8 Å². The summed E-state index contributed by atoms with van der Waals surface area (Å²) in [6, 6.07) is 15.0. The highest BCUT2D eigenvalue weighted by molar-refractivity contribution is 6.05. The molecule has 1 aliphatic heterocycles. The van der Waals surface area contributed by atoms with E-state index in [2.05, 4.69) is 4.94 Å². The second-order valence-corrected chi connectivity index (χ2v) is 6.15. The van der Waals surface area contributed by atoms with Gasteiger partial charge in [-0.05, 0) is 4.53 Å². The number of aliphatic hydroxyl groups is 3. The summed E-state index contributed by atoms with van der Waals surface area (Å²) >= 11 is 0. The third-order valence-electron chi connectivity index (χ3n) is 4.52. The molecule has 2 aromatic rings. The molecule has 0 saturated carbocycles. The van der Waals surface area contributed by atoms with E-state index in [9.17, 15) is 29.4 Å². The Morgan fingerprint density at radius 1 is 1.04 bits per heavy atom. The summed E-state index contributed by atoms with van der Waals surface area (Å²) in [5, 5.41) is 31.6. The van der Waals surface area contributed by atoms with E-state index in [1.54, 1.807) is 24.3 Å². The highest BCUT2D eigenvalue weighted by atomic mass is 19.3. The summed E-state index contributed by atoms with van der Waals surface area (Å²) in [4.78, 5) is 28.8. The van der Waals surface area contributed by atoms with Crippen molar-refractivity contribution in [2.45, 2.75) is 30.2 Å². The van der Waals surface area contributed by atoms with Crippen LogP contribution in [0.3, 0.4) is 0 Å². The predicted molar refractivity (Wildman–Crippen MR) is 89.4 cm³/mol. The van der Waals surface area contributed by atoms with Gasteiger partial charge in [0.15, 0.2) is 17.2 Å². The first-order valence-electron chi connectivity index (χ1n) is 8.11. The molecule has 0 aliphatic carbocycles. The molecule has 142 valence electrons. The molecule has 2 unspecified atom stereocenters. The molecule has 2 aromatic carbocycles. The number of ketones is 2. The highest BCUT2D eigenvalue weighted by Gasteiger charge is 2.64. The molecule has 0 amide bonds. The SMILES string of the molecule is O=C(c1ccccc1)C(O)[C@H]1OC(OF)[C@H](O)[C@@]1(O)C(=O)c1ccccc1. The first kappa shape index (κ1) is 19.3. The Bertz CT molecular complexity index is 813. The average molecular weight is 376 g/mol. The van der Waals surface area contributed by atoms with Crippen LogP contribution in [0.25, 0.3) is 0 Å². The smallest absolute Gasteiger partial charge is 0.226 e. The van der Waals surface area contributed by atoms with E-state index >= 15 is 0 Å². The molecule has 1 aliphatic rings. The van der Waals surface area contributed by atoms with E-state index in [4.69, 9.17) is 4.74 Å². The molecular formula is C19H17FO7. The number of Topliss-reactive ketones (excluding diaryl/α,β-unsaturated/α-hetero) is 2. The molecule has 0 bridgehead atoms. The molecule has 0 radical (unpaired) electrons. The molecule has 1 saturated heterocycles. The van der Waals surface area contributed by atoms with Gasteiger partial charge in [0, 0.05) is 11.1 Å². The number of aliphatic hydroxyl groups excluding tert-OH is 2. The van der Waals surface area contributed by atoms with Gasteiger partial charge < -0.3 is 20.1 Å². The molecule has 5 atom stereocenters. The van der Waals surface area contributed by atoms with Crippen molar-refractivity contribution in [3.8, 4) is 0 Å². The molecule has 1 fully saturated rings. The maximum absolute atomic E-state index is 12.8. The minimum Gasteiger partial charge on any atom is -0.384 e. The quantitative estimate of drug-likeness (QED) is 0.640. The van der Waals surface area contributed by atoms with Crippen molar-refractivity contribution in [3.63, 3.8) is 0 Å². The lowest BCUT2D eigenvalue weighted by atomic mass is 9.81. The maximum atomic E-state index is 12.8. The Labute approximate surface area is 153 Å². The van der Waals surface area contributed by atoms with Crippen molar-refractivity contribution in [2.24, 2.45) is 0 Å². The van der Waals surface area contributed by atoms with E-state index in [1.807, 2.05) is 0 Å². The number of carbonyl (C=O) groups is 2. The third kappa shape index (κ3) is 3.29. The van der Waals surface area contributed by atoms with Gasteiger partial charge in [0.1, 0.15) is 18.3 Å². The van der Waals surface area contributed by atoms with E-state index in [0.717, 1.165) is 0 Å². The van der Waals surface area contributed by atoms with Crippen LogP contribution in [0.5, 0.6) is 0 Å². The highest BCUT2D eigenvalue weighted by Crippen LogP contribution is 2.37. The molecule has 3 rings (SSSR count). The minimum atomic E-state index is -2.80. The van der Waals surface area contributed by atoms with Crippen LogP contribution in [-0.4, -0.2) is 57.1 Å². The number of rotatable bonds is 6. The fourth-order valence-electron chi connectivity index (χ4n) is 3.08. The Morgan fingerprint density at radius 2 is 1.56 bits per heavy atom. The molecule has 8 heteroatoms. The molecule has 3 N–H and O–H groups in total. The average Bonchev–Trinajstić information content (AvgIpc) is 2.99. The molecule has 27 heavy (non-hydrogen) atoms. The number of benzene rings is 2. The summed E-state index contributed by atoms with van der Waals surface area (Å²) in [5.41, 5.74) is -2.74. The Morgan fingerprint density at radius 3 is 2.07 bits per heavy atom. The van der Waals surface area contributed by atoms with Crippen molar-refractivity contribution in [1.82, 2.24) is 0 Å². The predicted octanol–water partition coefficient (Wildman–Crippen LogP) is 0.831. The van der Waals surface area contributed by atoms with Gasteiger partial charge in [-0.3, -0.25) is 9.59 Å². The summed E-state index contributed by atoms with van der Waals surface area (Å²) in [5.74, 6) is -1.91. The van der Waals surface area contributed by atoms with E-state index in [0.29, 0.717) is 0 Å². The first-order chi connectivity index (χ1) is 12.9. The zero-order valence-corrected chi connectivity index (χ0v) is 13.9. The molecule has 1 heterocycles. The van der Waals surface area contributed by atoms with Gasteiger partial charge in [-0.2, -0.15) is 4.94 Å². The lowest BCUT2D eigenvalue weighted by Gasteiger charge is -2.31. The van der Waals surface area contributed by atoms with Gasteiger partial charge in [0.25, 0.3) is 0 Å². The Hall–Kier alpha value is -2.49. The number of halogens is 1. The zero-order valence-electron chi connectivity index (χ0n) is 13.9. The first-order valence-corrected chi connectivity index (χ1v) is 8.11. The minimum absolute atomic E-state index is 0.0217. The molecular weight excluding hydrogens is 359 g/mol. The van der Waals surface area contributed by atoms with Crippen LogP contribution in [0.15, 0.2) is 60.7 Å². The summed E-state index contributed by atoms with van der Waals surface area (Å²) in [7, 11) is 0. The zero-order chi connectivity index (χ0) is 19.6. The fraction of sp³-hybridized carbons (Fsp3) is 0.263. The van der Waals surface area contributed by atoms with Crippen LogP contribution >= 0.6 is 0 Å². The Balaban J connectivity index is 1.98. The van der Waals surface area contributed by atoms with Gasteiger partial charge in [0.05, 0.1) is 0 Å². The van der Waals surface area contributed by atoms with Crippen LogP contribution in [0.2, 0.25) is 0 Å². The molecule has 7 nitrogen and oxygen atoms in total. The topological polar surface area (TPSA) is 113 Å². The van der Waals surface area contributed by atoms with Crippen molar-refractivity contribution >= 4 is 11.6 Å². The normalized spacial score (nSPS) is 28.7. The standard InChI is InChI=1S/C19H17FO7/c20-27-18-16(24)19(25,15(23)12-9-5-2-6-10-12)17(26-18)14(22)13(21)11-7-3-1-4-8-11/h1-10,14,16-18,22,24-25H/t14?,16-,17+,18?,19-/m0/s1. The second kappa shape index (κ2) is 7.63. The van der Waals surface area contributed by atoms with Gasteiger partial charge >= 0.3 is 0 Å². The number of carbonyl (C=O) groups excluding carboxylic acids is 2. The van der Waals surface area contributed by atoms with Gasteiger partial charge in [-0.1, -0.05) is 60.7 Å². The fourth-order valence-corrected chi connectivity index (χ4v) is 3.08. The number of ether oxygens (including phenoxy) is 1. The third-order valence-corrected chi connectivity index (χ3v) is 4.52.